The van der Waals surface area contributed by atoms with Gasteiger partial charge in [-0.15, -0.1) is 0 Å². The first-order chi connectivity index (χ1) is 7.65. The molecule has 1 aromatic carbocycles. The molecule has 3 rings (SSSR count). The van der Waals surface area contributed by atoms with Crippen LogP contribution in [-0.4, -0.2) is 4.98 Å². The fourth-order valence-corrected chi connectivity index (χ4v) is 2.42. The standard InChI is InChI=1S/C13H14BrNO/c1-7(2)9-5-10(14)12-11(6-9)15-13(16-12)8-3-4-8/h5-8H,3-4H2,1-2H3. The van der Waals surface area contributed by atoms with E-state index < -0.39 is 0 Å². The number of hydrogen-bond donors (Lipinski definition) is 0. The van der Waals surface area contributed by atoms with Gasteiger partial charge in [-0.05, 0) is 52.4 Å². The number of oxazole rings is 1. The summed E-state index contributed by atoms with van der Waals surface area (Å²) in [4.78, 5) is 4.58. The van der Waals surface area contributed by atoms with Crippen LogP contribution in [0.5, 0.6) is 0 Å². The molecule has 0 saturated heterocycles. The number of fused-ring (bicyclic) bond motifs is 1. The van der Waals surface area contributed by atoms with Gasteiger partial charge >= 0.3 is 0 Å². The molecule has 1 heterocycles. The first-order valence-electron chi connectivity index (χ1n) is 5.75. The minimum Gasteiger partial charge on any atom is -0.439 e. The van der Waals surface area contributed by atoms with Crippen molar-refractivity contribution in [3.05, 3.63) is 28.1 Å². The third-order valence-electron chi connectivity index (χ3n) is 3.08. The molecule has 0 unspecified atom stereocenters. The smallest absolute Gasteiger partial charge is 0.198 e. The second kappa shape index (κ2) is 3.59. The van der Waals surface area contributed by atoms with Crippen molar-refractivity contribution in [3.8, 4) is 0 Å². The van der Waals surface area contributed by atoms with Crippen LogP contribution >= 0.6 is 15.9 Å². The summed E-state index contributed by atoms with van der Waals surface area (Å²) in [5.41, 5.74) is 3.18. The van der Waals surface area contributed by atoms with Gasteiger partial charge in [-0.3, -0.25) is 0 Å². The predicted molar refractivity (Wildman–Crippen MR) is 67.8 cm³/mol. The van der Waals surface area contributed by atoms with E-state index in [1.807, 2.05) is 0 Å². The molecule has 1 saturated carbocycles. The molecule has 1 aliphatic carbocycles. The molecule has 3 heteroatoms. The molecule has 1 aliphatic rings. The van der Waals surface area contributed by atoms with E-state index in [0.29, 0.717) is 11.8 Å². The Morgan fingerprint density at radius 3 is 2.75 bits per heavy atom. The van der Waals surface area contributed by atoms with Crippen molar-refractivity contribution >= 4 is 27.0 Å². The van der Waals surface area contributed by atoms with Crippen LogP contribution in [0.2, 0.25) is 0 Å². The Kier molecular flexibility index (Phi) is 2.32. The molecule has 16 heavy (non-hydrogen) atoms. The van der Waals surface area contributed by atoms with E-state index in [2.05, 4.69) is 46.9 Å². The van der Waals surface area contributed by atoms with Crippen molar-refractivity contribution in [2.75, 3.05) is 0 Å². The predicted octanol–water partition coefficient (Wildman–Crippen LogP) is 4.59. The van der Waals surface area contributed by atoms with Crippen molar-refractivity contribution in [3.63, 3.8) is 0 Å². The molecule has 0 aliphatic heterocycles. The molecular weight excluding hydrogens is 266 g/mol. The van der Waals surface area contributed by atoms with Gasteiger partial charge in [-0.1, -0.05) is 13.8 Å². The highest BCUT2D eigenvalue weighted by Gasteiger charge is 2.29. The average molecular weight is 280 g/mol. The van der Waals surface area contributed by atoms with Crippen LogP contribution in [0.25, 0.3) is 11.1 Å². The van der Waals surface area contributed by atoms with Crippen LogP contribution in [0.4, 0.5) is 0 Å². The van der Waals surface area contributed by atoms with Gasteiger partial charge in [0.05, 0.1) is 4.47 Å². The number of halogens is 1. The first kappa shape index (κ1) is 10.3. The van der Waals surface area contributed by atoms with E-state index in [9.17, 15) is 0 Å². The SMILES string of the molecule is CC(C)c1cc(Br)c2oc(C3CC3)nc2c1. The minimum absolute atomic E-state index is 0.516. The molecule has 2 aromatic rings. The van der Waals surface area contributed by atoms with E-state index in [1.54, 1.807) is 0 Å². The zero-order chi connectivity index (χ0) is 11.3. The summed E-state index contributed by atoms with van der Waals surface area (Å²) in [7, 11) is 0. The van der Waals surface area contributed by atoms with Gasteiger partial charge in [-0.2, -0.15) is 0 Å². The summed E-state index contributed by atoms with van der Waals surface area (Å²) in [6.45, 7) is 4.38. The van der Waals surface area contributed by atoms with Crippen LogP contribution in [0.3, 0.4) is 0 Å². The lowest BCUT2D eigenvalue weighted by molar-refractivity contribution is 0.532. The lowest BCUT2D eigenvalue weighted by atomic mass is 10.0. The zero-order valence-electron chi connectivity index (χ0n) is 9.46. The Bertz CT molecular complexity index is 540. The highest BCUT2D eigenvalue weighted by molar-refractivity contribution is 9.10. The molecule has 0 radical (unpaired) electrons. The van der Waals surface area contributed by atoms with E-state index >= 15 is 0 Å². The Labute approximate surface area is 103 Å². The third kappa shape index (κ3) is 1.67. The summed E-state index contributed by atoms with van der Waals surface area (Å²) in [6, 6.07) is 4.27. The van der Waals surface area contributed by atoms with Crippen LogP contribution in [0, 0.1) is 0 Å². The highest BCUT2D eigenvalue weighted by atomic mass is 79.9. The Balaban J connectivity index is 2.17. The maximum atomic E-state index is 5.80. The molecule has 0 bridgehead atoms. The first-order valence-corrected chi connectivity index (χ1v) is 6.54. The average Bonchev–Trinajstić information content (AvgIpc) is 2.98. The molecular formula is C13H14BrNO. The fourth-order valence-electron chi connectivity index (χ4n) is 1.87. The monoisotopic (exact) mass is 279 g/mol. The number of hydrogen-bond acceptors (Lipinski definition) is 2. The maximum Gasteiger partial charge on any atom is 0.198 e. The van der Waals surface area contributed by atoms with Crippen molar-refractivity contribution in [1.29, 1.82) is 0 Å². The Hall–Kier alpha value is -0.830. The van der Waals surface area contributed by atoms with Crippen LogP contribution in [-0.2, 0) is 0 Å². The number of aromatic nitrogens is 1. The van der Waals surface area contributed by atoms with Crippen molar-refractivity contribution in [1.82, 2.24) is 4.98 Å². The maximum absolute atomic E-state index is 5.80. The number of nitrogens with zero attached hydrogens (tertiary/aromatic N) is 1. The van der Waals surface area contributed by atoms with Crippen LogP contribution < -0.4 is 0 Å². The second-order valence-corrected chi connectivity index (χ2v) is 5.69. The molecule has 0 atom stereocenters. The molecule has 1 aromatic heterocycles. The van der Waals surface area contributed by atoms with Gasteiger partial charge in [0.25, 0.3) is 0 Å². The van der Waals surface area contributed by atoms with Crippen molar-refractivity contribution < 1.29 is 4.42 Å². The lowest BCUT2D eigenvalue weighted by Gasteiger charge is -2.04. The summed E-state index contributed by atoms with van der Waals surface area (Å²) < 4.78 is 6.82. The van der Waals surface area contributed by atoms with E-state index in [4.69, 9.17) is 4.42 Å². The highest BCUT2D eigenvalue weighted by Crippen LogP contribution is 2.41. The van der Waals surface area contributed by atoms with Gasteiger partial charge < -0.3 is 4.42 Å². The summed E-state index contributed by atoms with van der Waals surface area (Å²) in [6.07, 6.45) is 2.45. The summed E-state index contributed by atoms with van der Waals surface area (Å²) in [5.74, 6) is 2.00. The topological polar surface area (TPSA) is 26.0 Å². The van der Waals surface area contributed by atoms with E-state index in [-0.39, 0.29) is 0 Å². The van der Waals surface area contributed by atoms with Crippen LogP contribution in [0.1, 0.15) is 50.0 Å². The lowest BCUT2D eigenvalue weighted by Crippen LogP contribution is -1.87. The quantitative estimate of drug-likeness (QED) is 0.804. The Morgan fingerprint density at radius 2 is 2.12 bits per heavy atom. The van der Waals surface area contributed by atoms with Gasteiger partial charge in [0.15, 0.2) is 11.5 Å². The molecule has 0 N–H and O–H groups in total. The summed E-state index contributed by atoms with van der Waals surface area (Å²) >= 11 is 3.57. The van der Waals surface area contributed by atoms with E-state index in [1.165, 1.54) is 18.4 Å². The van der Waals surface area contributed by atoms with Crippen molar-refractivity contribution in [2.24, 2.45) is 0 Å². The van der Waals surface area contributed by atoms with Gasteiger partial charge in [0.2, 0.25) is 0 Å². The van der Waals surface area contributed by atoms with Gasteiger partial charge in [-0.25, -0.2) is 4.98 Å². The minimum atomic E-state index is 0.516. The van der Waals surface area contributed by atoms with E-state index in [0.717, 1.165) is 21.5 Å². The molecule has 1 fully saturated rings. The fraction of sp³-hybridized carbons (Fsp3) is 0.462. The largest absolute Gasteiger partial charge is 0.439 e. The molecule has 0 amide bonds. The Morgan fingerprint density at radius 1 is 1.38 bits per heavy atom. The normalized spacial score (nSPS) is 16.2. The second-order valence-electron chi connectivity index (χ2n) is 4.83. The number of benzene rings is 1. The zero-order valence-corrected chi connectivity index (χ0v) is 11.0. The van der Waals surface area contributed by atoms with Crippen LogP contribution in [0.15, 0.2) is 21.0 Å². The van der Waals surface area contributed by atoms with Gasteiger partial charge in [0.1, 0.15) is 5.52 Å². The third-order valence-corrected chi connectivity index (χ3v) is 3.67. The molecule has 2 nitrogen and oxygen atoms in total. The van der Waals surface area contributed by atoms with Crippen molar-refractivity contribution in [2.45, 2.75) is 38.5 Å². The summed E-state index contributed by atoms with van der Waals surface area (Å²) in [5, 5.41) is 0. The molecule has 0 spiro atoms. The molecule has 84 valence electrons. The van der Waals surface area contributed by atoms with Gasteiger partial charge in [0, 0.05) is 5.92 Å². The number of rotatable bonds is 2.